The molecule has 2 aromatic rings. The summed E-state index contributed by atoms with van der Waals surface area (Å²) in [5.74, 6) is 0.168. The maximum atomic E-state index is 11.7. The largest absolute Gasteiger partial charge is 0.482 e. The summed E-state index contributed by atoms with van der Waals surface area (Å²) in [7, 11) is 0. The summed E-state index contributed by atoms with van der Waals surface area (Å²) < 4.78 is 5.32. The van der Waals surface area contributed by atoms with Crippen LogP contribution in [0.15, 0.2) is 36.5 Å². The van der Waals surface area contributed by atoms with Crippen LogP contribution in [-0.2, 0) is 0 Å². The number of benzene rings is 1. The summed E-state index contributed by atoms with van der Waals surface area (Å²) >= 11 is 11.8. The monoisotopic (exact) mass is 269 g/mol. The molecule has 0 radical (unpaired) electrons. The molecule has 1 aromatic heterocycles. The van der Waals surface area contributed by atoms with Crippen molar-refractivity contribution in [2.24, 2.45) is 0 Å². The zero-order valence-electron chi connectivity index (χ0n) is 8.74. The number of hydrogen-bond acceptors (Lipinski definition) is 2. The van der Waals surface area contributed by atoms with Gasteiger partial charge in [-0.3, -0.25) is 4.79 Å². The molecule has 0 saturated heterocycles. The maximum absolute atomic E-state index is 11.7. The second-order valence-electron chi connectivity index (χ2n) is 3.35. The van der Waals surface area contributed by atoms with Gasteiger partial charge in [0, 0.05) is 6.20 Å². The van der Waals surface area contributed by atoms with Gasteiger partial charge in [-0.05, 0) is 24.3 Å². The van der Waals surface area contributed by atoms with E-state index in [2.05, 4.69) is 4.98 Å². The number of rotatable bonds is 4. The van der Waals surface area contributed by atoms with Crippen LogP contribution >= 0.6 is 23.2 Å². The summed E-state index contributed by atoms with van der Waals surface area (Å²) in [4.78, 5) is 14.5. The van der Waals surface area contributed by atoms with Crippen LogP contribution in [-0.4, -0.2) is 17.4 Å². The van der Waals surface area contributed by atoms with E-state index in [-0.39, 0.29) is 12.4 Å². The van der Waals surface area contributed by atoms with Crippen molar-refractivity contribution in [3.8, 4) is 5.75 Å². The lowest BCUT2D eigenvalue weighted by atomic mass is 10.3. The minimum absolute atomic E-state index is 0.107. The first-order valence-electron chi connectivity index (χ1n) is 4.92. The highest BCUT2D eigenvalue weighted by Gasteiger charge is 2.11. The average molecular weight is 270 g/mol. The van der Waals surface area contributed by atoms with Gasteiger partial charge in [0.2, 0.25) is 5.78 Å². The zero-order valence-corrected chi connectivity index (χ0v) is 10.3. The molecular formula is C12H9Cl2NO2. The Bertz CT molecular complexity index is 503. The normalized spacial score (nSPS) is 10.2. The van der Waals surface area contributed by atoms with Crippen LogP contribution in [0, 0.1) is 0 Å². The SMILES string of the molecule is O=C(COc1c(Cl)cccc1Cl)c1ccc[nH]1. The summed E-state index contributed by atoms with van der Waals surface area (Å²) in [5.41, 5.74) is 0.494. The van der Waals surface area contributed by atoms with Gasteiger partial charge in [0.25, 0.3) is 0 Å². The first-order valence-corrected chi connectivity index (χ1v) is 5.67. The van der Waals surface area contributed by atoms with Crippen molar-refractivity contribution in [3.05, 3.63) is 52.3 Å². The Labute approximate surface area is 108 Å². The molecule has 3 nitrogen and oxygen atoms in total. The minimum Gasteiger partial charge on any atom is -0.482 e. The Kier molecular flexibility index (Phi) is 3.71. The predicted octanol–water partition coefficient (Wildman–Crippen LogP) is 3.58. The lowest BCUT2D eigenvalue weighted by Gasteiger charge is -2.08. The second kappa shape index (κ2) is 5.25. The van der Waals surface area contributed by atoms with Crippen LogP contribution in [0.25, 0.3) is 0 Å². The first-order chi connectivity index (χ1) is 8.18. The van der Waals surface area contributed by atoms with E-state index >= 15 is 0 Å². The highest BCUT2D eigenvalue weighted by atomic mass is 35.5. The number of hydrogen-bond donors (Lipinski definition) is 1. The number of aromatic nitrogens is 1. The van der Waals surface area contributed by atoms with Gasteiger partial charge >= 0.3 is 0 Å². The van der Waals surface area contributed by atoms with Crippen LogP contribution in [0.3, 0.4) is 0 Å². The Morgan fingerprint density at radius 2 is 1.88 bits per heavy atom. The van der Waals surface area contributed by atoms with E-state index in [4.69, 9.17) is 27.9 Å². The molecule has 17 heavy (non-hydrogen) atoms. The predicted molar refractivity (Wildman–Crippen MR) is 67.1 cm³/mol. The van der Waals surface area contributed by atoms with Gasteiger partial charge in [0.05, 0.1) is 15.7 Å². The van der Waals surface area contributed by atoms with Crippen molar-refractivity contribution >= 4 is 29.0 Å². The van der Waals surface area contributed by atoms with Gasteiger partial charge in [-0.1, -0.05) is 29.3 Å². The van der Waals surface area contributed by atoms with Crippen molar-refractivity contribution in [2.45, 2.75) is 0 Å². The smallest absolute Gasteiger partial charge is 0.216 e. The number of ether oxygens (including phenoxy) is 1. The number of Topliss-reactive ketones (excluding diaryl/α,β-unsaturated/α-hetero) is 1. The van der Waals surface area contributed by atoms with Crippen LogP contribution in [0.4, 0.5) is 0 Å². The molecule has 1 heterocycles. The summed E-state index contributed by atoms with van der Waals surface area (Å²) in [6, 6.07) is 8.45. The third-order valence-electron chi connectivity index (χ3n) is 2.16. The number of para-hydroxylation sites is 1. The molecule has 1 aromatic carbocycles. The average Bonchev–Trinajstić information content (AvgIpc) is 2.81. The fraction of sp³-hybridized carbons (Fsp3) is 0.0833. The van der Waals surface area contributed by atoms with Gasteiger partial charge in [-0.2, -0.15) is 0 Å². The van der Waals surface area contributed by atoms with Gasteiger partial charge < -0.3 is 9.72 Å². The molecule has 0 aliphatic heterocycles. The van der Waals surface area contributed by atoms with E-state index in [0.717, 1.165) is 0 Å². The van der Waals surface area contributed by atoms with Crippen LogP contribution in [0.1, 0.15) is 10.5 Å². The van der Waals surface area contributed by atoms with Crippen LogP contribution in [0.5, 0.6) is 5.75 Å². The van der Waals surface area contributed by atoms with Crippen molar-refractivity contribution in [1.82, 2.24) is 4.98 Å². The zero-order chi connectivity index (χ0) is 12.3. The van der Waals surface area contributed by atoms with E-state index in [1.54, 1.807) is 36.5 Å². The molecule has 2 rings (SSSR count). The number of carbonyl (C=O) groups excluding carboxylic acids is 1. The standard InChI is InChI=1S/C12H9Cl2NO2/c13-8-3-1-4-9(14)12(8)17-7-11(16)10-5-2-6-15-10/h1-6,15H,7H2. The summed E-state index contributed by atoms with van der Waals surface area (Å²) in [6.45, 7) is -0.107. The molecule has 0 spiro atoms. The van der Waals surface area contributed by atoms with Crippen molar-refractivity contribution in [1.29, 1.82) is 0 Å². The molecule has 0 fully saturated rings. The fourth-order valence-corrected chi connectivity index (χ4v) is 1.85. The van der Waals surface area contributed by atoms with Gasteiger partial charge in [0.1, 0.15) is 0 Å². The van der Waals surface area contributed by atoms with E-state index in [1.165, 1.54) is 0 Å². The van der Waals surface area contributed by atoms with Gasteiger partial charge in [0.15, 0.2) is 12.4 Å². The fourth-order valence-electron chi connectivity index (χ4n) is 1.34. The second-order valence-corrected chi connectivity index (χ2v) is 4.16. The number of carbonyl (C=O) groups is 1. The van der Waals surface area contributed by atoms with E-state index in [9.17, 15) is 4.79 Å². The molecule has 0 unspecified atom stereocenters. The highest BCUT2D eigenvalue weighted by molar-refractivity contribution is 6.37. The van der Waals surface area contributed by atoms with Crippen molar-refractivity contribution < 1.29 is 9.53 Å². The topological polar surface area (TPSA) is 42.1 Å². The van der Waals surface area contributed by atoms with E-state index < -0.39 is 0 Å². The van der Waals surface area contributed by atoms with E-state index in [1.807, 2.05) is 0 Å². The molecule has 0 bridgehead atoms. The Morgan fingerprint density at radius 3 is 2.47 bits per heavy atom. The number of nitrogens with one attached hydrogen (secondary N) is 1. The van der Waals surface area contributed by atoms with Crippen molar-refractivity contribution in [3.63, 3.8) is 0 Å². The lowest BCUT2D eigenvalue weighted by Crippen LogP contribution is -2.12. The van der Waals surface area contributed by atoms with Crippen molar-refractivity contribution in [2.75, 3.05) is 6.61 Å². The Balaban J connectivity index is 2.06. The molecule has 0 saturated carbocycles. The highest BCUT2D eigenvalue weighted by Crippen LogP contribution is 2.32. The van der Waals surface area contributed by atoms with E-state index in [0.29, 0.717) is 21.5 Å². The number of ketones is 1. The number of H-pyrrole nitrogens is 1. The molecule has 88 valence electrons. The molecule has 5 heteroatoms. The molecule has 1 N–H and O–H groups in total. The third-order valence-corrected chi connectivity index (χ3v) is 2.76. The molecular weight excluding hydrogens is 261 g/mol. The van der Waals surface area contributed by atoms with Gasteiger partial charge in [-0.15, -0.1) is 0 Å². The molecule has 0 amide bonds. The Hall–Kier alpha value is -1.45. The van der Waals surface area contributed by atoms with Crippen LogP contribution in [0.2, 0.25) is 10.0 Å². The third kappa shape index (κ3) is 2.81. The molecule has 0 aliphatic carbocycles. The van der Waals surface area contributed by atoms with Gasteiger partial charge in [-0.25, -0.2) is 0 Å². The Morgan fingerprint density at radius 1 is 1.18 bits per heavy atom. The minimum atomic E-state index is -0.161. The molecule has 0 aliphatic rings. The maximum Gasteiger partial charge on any atom is 0.216 e. The first kappa shape index (κ1) is 12.0. The number of halogens is 2. The number of aromatic amines is 1. The lowest BCUT2D eigenvalue weighted by molar-refractivity contribution is 0.0917. The molecule has 0 atom stereocenters. The quantitative estimate of drug-likeness (QED) is 0.863. The summed E-state index contributed by atoms with van der Waals surface area (Å²) in [5, 5.41) is 0.772. The van der Waals surface area contributed by atoms with Crippen LogP contribution < -0.4 is 4.74 Å². The summed E-state index contributed by atoms with van der Waals surface area (Å²) in [6.07, 6.45) is 1.68.